The lowest BCUT2D eigenvalue weighted by Gasteiger charge is -2.27. The number of fused-ring (bicyclic) bond motifs is 2. The number of unbranched alkanes of at least 4 members (excludes halogenated alkanes) is 1. The molecule has 3 aliphatic rings. The number of anilines is 1. The van der Waals surface area contributed by atoms with E-state index in [0.29, 0.717) is 65.0 Å². The predicted molar refractivity (Wildman–Crippen MR) is 229 cm³/mol. The van der Waals surface area contributed by atoms with Crippen molar-refractivity contribution in [3.63, 3.8) is 0 Å². The first-order valence-corrected chi connectivity index (χ1v) is 20.7. The summed E-state index contributed by atoms with van der Waals surface area (Å²) >= 11 is 0. The Morgan fingerprint density at radius 1 is 0.855 bits per heavy atom. The van der Waals surface area contributed by atoms with Crippen molar-refractivity contribution < 1.29 is 38.6 Å². The second-order valence-corrected chi connectivity index (χ2v) is 16.5. The smallest absolute Gasteiger partial charge is 0.274 e. The number of pyridine rings is 1. The lowest BCUT2D eigenvalue weighted by Crippen LogP contribution is -2.54. The molecule has 6 N–H and O–H groups in total. The van der Waals surface area contributed by atoms with Gasteiger partial charge >= 0.3 is 0 Å². The molecule has 8 rings (SSSR count). The van der Waals surface area contributed by atoms with Crippen LogP contribution in [-0.4, -0.2) is 80.2 Å². The number of aromatic nitrogens is 2. The number of nitrogens with zero attached hydrogens (tertiary/aromatic N) is 2. The van der Waals surface area contributed by atoms with Crippen molar-refractivity contribution in [3.8, 4) is 16.9 Å². The van der Waals surface area contributed by atoms with Crippen molar-refractivity contribution in [3.05, 3.63) is 117 Å². The van der Waals surface area contributed by atoms with E-state index >= 15 is 0 Å². The van der Waals surface area contributed by atoms with Crippen LogP contribution < -0.4 is 31.6 Å². The Bertz CT molecular complexity index is 2710. The van der Waals surface area contributed by atoms with Crippen molar-refractivity contribution in [2.24, 2.45) is 7.05 Å². The molecule has 2 fully saturated rings. The normalized spacial score (nSPS) is 16.3. The van der Waals surface area contributed by atoms with E-state index in [1.54, 1.807) is 75.6 Å². The number of H-pyrrole nitrogens is 1. The van der Waals surface area contributed by atoms with Crippen LogP contribution >= 0.6 is 0 Å². The van der Waals surface area contributed by atoms with Gasteiger partial charge in [-0.05, 0) is 99.5 Å². The van der Waals surface area contributed by atoms with Gasteiger partial charge in [0.25, 0.3) is 29.2 Å². The van der Waals surface area contributed by atoms with Crippen molar-refractivity contribution in [1.82, 2.24) is 30.4 Å². The molecule has 1 saturated carbocycles. The van der Waals surface area contributed by atoms with Gasteiger partial charge in [0.1, 0.15) is 23.0 Å². The minimum absolute atomic E-state index is 0.0405. The first-order valence-electron chi connectivity index (χ1n) is 20.7. The van der Waals surface area contributed by atoms with E-state index in [0.717, 1.165) is 23.3 Å². The molecule has 2 aliphatic heterocycles. The van der Waals surface area contributed by atoms with Crippen molar-refractivity contribution >= 4 is 52.0 Å². The molecule has 0 bridgehead atoms. The number of nitrogens with one attached hydrogen (secondary N) is 5. The van der Waals surface area contributed by atoms with Crippen LogP contribution in [0.15, 0.2) is 77.7 Å². The minimum atomic E-state index is -1.12. The number of ether oxygens (including phenoxy) is 1. The molecule has 4 heterocycles. The number of aliphatic hydroxyl groups is 1. The quantitative estimate of drug-likeness (QED) is 0.0650. The maximum atomic E-state index is 13.4. The standard InChI is InChI=1S/C46H47N7O9/c1-46(2,61)27-13-17-36(62-28-14-15-28)30(21-27)32-24-52(3)45(60)39-31(32)22-34(50-39)41(56)49-23-25-9-11-26(12-10-25)40(55)48-20-5-4-19-47-33-8-6-7-29-38(33)44(59)53(43(29)58)35-16-18-37(54)51-42(35)57/h6-13,17,21-22,24,28,35,47,50,61H,4-5,14-16,18-20,23H2,1-3H3,(H,48,55)(H,49,56)(H,51,54,57). The van der Waals surface area contributed by atoms with Gasteiger partial charge in [-0.25, -0.2) is 0 Å². The summed E-state index contributed by atoms with van der Waals surface area (Å²) in [7, 11) is 1.64. The summed E-state index contributed by atoms with van der Waals surface area (Å²) in [6, 6.07) is 17.9. The number of amides is 6. The summed E-state index contributed by atoms with van der Waals surface area (Å²) in [5.74, 6) is -2.31. The number of imide groups is 2. The molecule has 1 atom stereocenters. The van der Waals surface area contributed by atoms with Gasteiger partial charge in [-0.1, -0.05) is 24.3 Å². The summed E-state index contributed by atoms with van der Waals surface area (Å²) in [4.78, 5) is 94.0. The van der Waals surface area contributed by atoms with Gasteiger partial charge in [-0.15, -0.1) is 0 Å². The first-order chi connectivity index (χ1) is 29.7. The number of benzene rings is 3. The average Bonchev–Trinajstić information content (AvgIpc) is 3.89. The van der Waals surface area contributed by atoms with E-state index < -0.39 is 41.2 Å². The topological polar surface area (TPSA) is 221 Å². The van der Waals surface area contributed by atoms with Gasteiger partial charge in [0, 0.05) is 67.1 Å². The van der Waals surface area contributed by atoms with Gasteiger partial charge in [0.2, 0.25) is 11.8 Å². The number of aryl methyl sites for hydroxylation is 1. The van der Waals surface area contributed by atoms with Gasteiger partial charge in [0.15, 0.2) is 0 Å². The maximum Gasteiger partial charge on any atom is 0.274 e. The van der Waals surface area contributed by atoms with Gasteiger partial charge < -0.3 is 35.3 Å². The second kappa shape index (κ2) is 16.8. The molecule has 1 saturated heterocycles. The summed E-state index contributed by atoms with van der Waals surface area (Å²) in [6.45, 7) is 4.42. The van der Waals surface area contributed by atoms with Crippen molar-refractivity contribution in [2.75, 3.05) is 18.4 Å². The summed E-state index contributed by atoms with van der Waals surface area (Å²) in [5.41, 5.74) is 3.16. The maximum absolute atomic E-state index is 13.4. The molecule has 3 aromatic carbocycles. The molecule has 16 nitrogen and oxygen atoms in total. The number of piperidine rings is 1. The largest absolute Gasteiger partial charge is 0.490 e. The van der Waals surface area contributed by atoms with E-state index in [1.807, 2.05) is 18.2 Å². The third-order valence-corrected chi connectivity index (χ3v) is 11.3. The average molecular weight is 842 g/mol. The van der Waals surface area contributed by atoms with Crippen LogP contribution in [0.3, 0.4) is 0 Å². The zero-order valence-electron chi connectivity index (χ0n) is 34.6. The third-order valence-electron chi connectivity index (χ3n) is 11.3. The molecule has 62 heavy (non-hydrogen) atoms. The van der Waals surface area contributed by atoms with Crippen LogP contribution in [0.2, 0.25) is 0 Å². The van der Waals surface area contributed by atoms with Crippen molar-refractivity contribution in [2.45, 2.75) is 76.7 Å². The summed E-state index contributed by atoms with van der Waals surface area (Å²) < 4.78 is 7.68. The molecular weight excluding hydrogens is 795 g/mol. The lowest BCUT2D eigenvalue weighted by molar-refractivity contribution is -0.136. The number of carbonyl (C=O) groups is 6. The molecule has 1 aliphatic carbocycles. The third kappa shape index (κ3) is 8.46. The molecule has 6 amide bonds. The van der Waals surface area contributed by atoms with Gasteiger partial charge in [-0.2, -0.15) is 0 Å². The highest BCUT2D eigenvalue weighted by Gasteiger charge is 2.45. The number of hydrogen-bond donors (Lipinski definition) is 6. The fraction of sp³-hybridized carbons (Fsp3) is 0.326. The fourth-order valence-corrected chi connectivity index (χ4v) is 7.75. The Morgan fingerprint density at radius 3 is 2.34 bits per heavy atom. The molecule has 16 heteroatoms. The predicted octanol–water partition coefficient (Wildman–Crippen LogP) is 4.26. The molecule has 5 aromatic rings. The lowest BCUT2D eigenvalue weighted by atomic mass is 9.93. The number of aromatic amines is 1. The van der Waals surface area contributed by atoms with Gasteiger partial charge in [0.05, 0.1) is 22.8 Å². The second-order valence-electron chi connectivity index (χ2n) is 16.5. The van der Waals surface area contributed by atoms with E-state index in [4.69, 9.17) is 4.74 Å². The molecule has 320 valence electrons. The van der Waals surface area contributed by atoms with Crippen LogP contribution in [0.25, 0.3) is 22.0 Å². The van der Waals surface area contributed by atoms with E-state index in [1.165, 1.54) is 4.57 Å². The first kappa shape index (κ1) is 41.7. The Morgan fingerprint density at radius 2 is 1.61 bits per heavy atom. The molecule has 0 radical (unpaired) electrons. The molecule has 1 unspecified atom stereocenters. The van der Waals surface area contributed by atoms with Gasteiger partial charge in [-0.3, -0.25) is 43.8 Å². The fourth-order valence-electron chi connectivity index (χ4n) is 7.75. The Hall–Kier alpha value is -7.07. The Balaban J connectivity index is 0.834. The number of carbonyl (C=O) groups excluding carboxylic acids is 6. The minimum Gasteiger partial charge on any atom is -0.490 e. The van der Waals surface area contributed by atoms with Crippen LogP contribution in [0.4, 0.5) is 5.69 Å². The van der Waals surface area contributed by atoms with E-state index in [2.05, 4.69) is 26.3 Å². The summed E-state index contributed by atoms with van der Waals surface area (Å²) in [6.07, 6.45) is 5.11. The number of hydrogen-bond acceptors (Lipinski definition) is 10. The zero-order valence-corrected chi connectivity index (χ0v) is 34.6. The van der Waals surface area contributed by atoms with E-state index in [9.17, 15) is 38.7 Å². The Labute approximate surface area is 356 Å². The van der Waals surface area contributed by atoms with E-state index in [-0.39, 0.29) is 59.3 Å². The Kier molecular flexibility index (Phi) is 11.3. The van der Waals surface area contributed by atoms with Crippen LogP contribution in [0.5, 0.6) is 5.75 Å². The number of rotatable bonds is 15. The van der Waals surface area contributed by atoms with Crippen LogP contribution in [0, 0.1) is 0 Å². The molecular formula is C46H47N7O9. The highest BCUT2D eigenvalue weighted by molar-refractivity contribution is 6.25. The summed E-state index contributed by atoms with van der Waals surface area (Å²) in [5, 5.41) is 22.5. The highest BCUT2D eigenvalue weighted by atomic mass is 16.5. The monoisotopic (exact) mass is 841 g/mol. The zero-order chi connectivity index (χ0) is 43.9. The van der Waals surface area contributed by atoms with Crippen molar-refractivity contribution in [1.29, 1.82) is 0 Å². The SMILES string of the molecule is Cn1cc(-c2cc(C(C)(C)O)ccc2OC2CC2)c2cc(C(=O)NCc3ccc(C(=O)NCCCCNc4cccc5c4C(=O)N(C4CCC(=O)NC4=O)C5=O)cc3)[nH]c2c1=O. The van der Waals surface area contributed by atoms with Crippen LogP contribution in [0.1, 0.15) is 105 Å². The van der Waals surface area contributed by atoms with Crippen LogP contribution in [-0.2, 0) is 28.8 Å². The molecule has 0 spiro atoms. The highest BCUT2D eigenvalue weighted by Crippen LogP contribution is 2.40. The molecule has 2 aromatic heterocycles.